The maximum Gasteiger partial charge on any atom is 0.245 e. The minimum atomic E-state index is -0.338. The van der Waals surface area contributed by atoms with Crippen molar-refractivity contribution in [3.05, 3.63) is 18.6 Å². The van der Waals surface area contributed by atoms with E-state index in [4.69, 9.17) is 4.74 Å². The van der Waals surface area contributed by atoms with Crippen LogP contribution in [0.25, 0.3) is 0 Å². The Labute approximate surface area is 122 Å². The van der Waals surface area contributed by atoms with Gasteiger partial charge in [0.05, 0.1) is 6.20 Å². The minimum Gasteiger partial charge on any atom is -0.473 e. The van der Waals surface area contributed by atoms with Crippen molar-refractivity contribution in [3.63, 3.8) is 0 Å². The molecule has 21 heavy (non-hydrogen) atoms. The molecular formula is C14H18N4O3. The molecule has 0 aromatic carbocycles. The topological polar surface area (TPSA) is 84.4 Å². The summed E-state index contributed by atoms with van der Waals surface area (Å²) in [7, 11) is 0. The molecule has 2 aliphatic heterocycles. The quantitative estimate of drug-likeness (QED) is 0.855. The Balaban J connectivity index is 1.49. The van der Waals surface area contributed by atoms with Crippen LogP contribution in [0.4, 0.5) is 0 Å². The molecule has 2 saturated heterocycles. The Hall–Kier alpha value is -2.18. The third-order valence-electron chi connectivity index (χ3n) is 3.87. The van der Waals surface area contributed by atoms with Crippen LogP contribution in [0.1, 0.15) is 25.7 Å². The Bertz CT molecular complexity index is 514. The average molecular weight is 290 g/mol. The summed E-state index contributed by atoms with van der Waals surface area (Å²) >= 11 is 0. The van der Waals surface area contributed by atoms with Crippen LogP contribution in [0, 0.1) is 0 Å². The molecule has 1 aromatic rings. The molecule has 1 N–H and O–H groups in total. The van der Waals surface area contributed by atoms with E-state index in [2.05, 4.69) is 15.3 Å². The van der Waals surface area contributed by atoms with E-state index in [9.17, 15) is 9.59 Å². The summed E-state index contributed by atoms with van der Waals surface area (Å²) in [5, 5.41) is 2.72. The fourth-order valence-corrected chi connectivity index (χ4v) is 2.73. The molecule has 0 aliphatic carbocycles. The van der Waals surface area contributed by atoms with Gasteiger partial charge in [-0.25, -0.2) is 4.98 Å². The van der Waals surface area contributed by atoms with E-state index in [-0.39, 0.29) is 24.0 Å². The smallest absolute Gasteiger partial charge is 0.245 e. The highest BCUT2D eigenvalue weighted by atomic mass is 16.5. The van der Waals surface area contributed by atoms with Crippen LogP contribution in [0.15, 0.2) is 18.6 Å². The molecule has 2 amide bonds. The normalized spacial score (nSPS) is 23.0. The highest BCUT2D eigenvalue weighted by Gasteiger charge is 2.33. The SMILES string of the molecule is O=C1CCC(C(=O)N2CCC(Oc3cnccn3)CC2)N1. The van der Waals surface area contributed by atoms with Crippen molar-refractivity contribution in [2.45, 2.75) is 37.8 Å². The van der Waals surface area contributed by atoms with Crippen LogP contribution in [0.2, 0.25) is 0 Å². The molecule has 1 unspecified atom stereocenters. The van der Waals surface area contributed by atoms with Crippen LogP contribution in [-0.4, -0.2) is 51.9 Å². The molecule has 7 heteroatoms. The Morgan fingerprint density at radius 3 is 2.71 bits per heavy atom. The number of carbonyl (C=O) groups is 2. The lowest BCUT2D eigenvalue weighted by Crippen LogP contribution is -2.49. The number of nitrogens with one attached hydrogen (secondary N) is 1. The van der Waals surface area contributed by atoms with Gasteiger partial charge in [0, 0.05) is 44.7 Å². The van der Waals surface area contributed by atoms with Crippen molar-refractivity contribution >= 4 is 11.8 Å². The molecule has 2 fully saturated rings. The predicted octanol–water partition coefficient (Wildman–Crippen LogP) is 0.125. The molecule has 3 heterocycles. The van der Waals surface area contributed by atoms with Crippen molar-refractivity contribution < 1.29 is 14.3 Å². The molecule has 3 rings (SSSR count). The van der Waals surface area contributed by atoms with Gasteiger partial charge in [0.15, 0.2) is 0 Å². The first-order chi connectivity index (χ1) is 10.2. The van der Waals surface area contributed by atoms with Gasteiger partial charge in [-0.3, -0.25) is 14.6 Å². The maximum atomic E-state index is 12.3. The first-order valence-corrected chi connectivity index (χ1v) is 7.23. The first-order valence-electron chi connectivity index (χ1n) is 7.23. The van der Waals surface area contributed by atoms with Gasteiger partial charge in [-0.15, -0.1) is 0 Å². The van der Waals surface area contributed by atoms with E-state index < -0.39 is 0 Å². The molecule has 1 atom stereocenters. The van der Waals surface area contributed by atoms with Crippen LogP contribution < -0.4 is 10.1 Å². The van der Waals surface area contributed by atoms with E-state index in [0.29, 0.717) is 31.8 Å². The zero-order valence-electron chi connectivity index (χ0n) is 11.7. The van der Waals surface area contributed by atoms with Gasteiger partial charge < -0.3 is 15.0 Å². The number of hydrogen-bond acceptors (Lipinski definition) is 5. The first kappa shape index (κ1) is 13.8. The second-order valence-corrected chi connectivity index (χ2v) is 5.34. The van der Waals surface area contributed by atoms with Crippen LogP contribution in [-0.2, 0) is 9.59 Å². The lowest BCUT2D eigenvalue weighted by atomic mass is 10.1. The van der Waals surface area contributed by atoms with Crippen molar-refractivity contribution in [2.24, 2.45) is 0 Å². The number of rotatable bonds is 3. The zero-order valence-corrected chi connectivity index (χ0v) is 11.7. The van der Waals surface area contributed by atoms with Crippen LogP contribution in [0.5, 0.6) is 5.88 Å². The van der Waals surface area contributed by atoms with Gasteiger partial charge in [0.2, 0.25) is 17.7 Å². The third-order valence-corrected chi connectivity index (χ3v) is 3.87. The summed E-state index contributed by atoms with van der Waals surface area (Å²) in [5.74, 6) is 0.512. The maximum absolute atomic E-state index is 12.3. The highest BCUT2D eigenvalue weighted by molar-refractivity contribution is 5.90. The molecule has 0 saturated carbocycles. The number of aromatic nitrogens is 2. The molecular weight excluding hydrogens is 272 g/mol. The lowest BCUT2D eigenvalue weighted by molar-refractivity contribution is -0.136. The number of likely N-dealkylation sites (tertiary alicyclic amines) is 1. The number of nitrogens with zero attached hydrogens (tertiary/aromatic N) is 3. The summed E-state index contributed by atoms with van der Waals surface area (Å²) in [6.07, 6.45) is 7.43. The average Bonchev–Trinajstić information content (AvgIpc) is 2.95. The van der Waals surface area contributed by atoms with Crippen LogP contribution in [0.3, 0.4) is 0 Å². The summed E-state index contributed by atoms with van der Waals surface area (Å²) in [6.45, 7) is 1.30. The second-order valence-electron chi connectivity index (χ2n) is 5.34. The van der Waals surface area contributed by atoms with Gasteiger partial charge in [0.1, 0.15) is 12.1 Å². The summed E-state index contributed by atoms with van der Waals surface area (Å²) in [6, 6.07) is -0.338. The van der Waals surface area contributed by atoms with E-state index in [1.807, 2.05) is 4.90 Å². The molecule has 2 aliphatic rings. The van der Waals surface area contributed by atoms with E-state index >= 15 is 0 Å². The molecule has 0 spiro atoms. The van der Waals surface area contributed by atoms with E-state index in [1.165, 1.54) is 0 Å². The number of hydrogen-bond donors (Lipinski definition) is 1. The zero-order chi connectivity index (χ0) is 14.7. The van der Waals surface area contributed by atoms with Gasteiger partial charge >= 0.3 is 0 Å². The number of piperidine rings is 1. The Morgan fingerprint density at radius 2 is 2.10 bits per heavy atom. The molecule has 112 valence electrons. The Morgan fingerprint density at radius 1 is 1.29 bits per heavy atom. The fourth-order valence-electron chi connectivity index (χ4n) is 2.73. The van der Waals surface area contributed by atoms with Crippen LogP contribution >= 0.6 is 0 Å². The predicted molar refractivity (Wildman–Crippen MR) is 73.4 cm³/mol. The van der Waals surface area contributed by atoms with Gasteiger partial charge in [-0.2, -0.15) is 0 Å². The number of amides is 2. The molecule has 7 nitrogen and oxygen atoms in total. The van der Waals surface area contributed by atoms with E-state index in [0.717, 1.165) is 12.8 Å². The summed E-state index contributed by atoms with van der Waals surface area (Å²) in [5.41, 5.74) is 0. The third kappa shape index (κ3) is 3.29. The van der Waals surface area contributed by atoms with Crippen molar-refractivity contribution in [1.29, 1.82) is 0 Å². The highest BCUT2D eigenvalue weighted by Crippen LogP contribution is 2.18. The Kier molecular flexibility index (Phi) is 3.98. The number of ether oxygens (including phenoxy) is 1. The van der Waals surface area contributed by atoms with Crippen molar-refractivity contribution in [3.8, 4) is 5.88 Å². The van der Waals surface area contributed by atoms with E-state index in [1.54, 1.807) is 18.6 Å². The second kappa shape index (κ2) is 6.07. The van der Waals surface area contributed by atoms with Gasteiger partial charge in [0.25, 0.3) is 0 Å². The summed E-state index contributed by atoms with van der Waals surface area (Å²) in [4.78, 5) is 33.3. The molecule has 0 radical (unpaired) electrons. The van der Waals surface area contributed by atoms with Gasteiger partial charge in [-0.05, 0) is 6.42 Å². The fraction of sp³-hybridized carbons (Fsp3) is 0.571. The largest absolute Gasteiger partial charge is 0.473 e. The molecule has 1 aromatic heterocycles. The monoisotopic (exact) mass is 290 g/mol. The lowest BCUT2D eigenvalue weighted by Gasteiger charge is -2.33. The standard InChI is InChI=1S/C14H18N4O3/c19-12-2-1-11(17-12)14(20)18-7-3-10(4-8-18)21-13-9-15-5-6-16-13/h5-6,9-11H,1-4,7-8H2,(H,17,19). The van der Waals surface area contributed by atoms with Crippen molar-refractivity contribution in [2.75, 3.05) is 13.1 Å². The van der Waals surface area contributed by atoms with Gasteiger partial charge in [-0.1, -0.05) is 0 Å². The minimum absolute atomic E-state index is 0.0267. The molecule has 0 bridgehead atoms. The number of carbonyl (C=O) groups excluding carboxylic acids is 2. The van der Waals surface area contributed by atoms with Crippen molar-refractivity contribution in [1.82, 2.24) is 20.2 Å². The summed E-state index contributed by atoms with van der Waals surface area (Å²) < 4.78 is 5.74.